The number of aliphatic hydroxyl groups excluding tert-OH is 1. The normalized spacial score (nSPS) is 11.2. The van der Waals surface area contributed by atoms with E-state index in [-0.39, 0.29) is 12.4 Å². The minimum absolute atomic E-state index is 0.125. The molecule has 18 heavy (non-hydrogen) atoms. The van der Waals surface area contributed by atoms with E-state index in [4.69, 9.17) is 5.11 Å². The molecule has 0 rings (SSSR count). The third-order valence-corrected chi connectivity index (χ3v) is 3.09. The average molecular weight is 254 g/mol. The fourth-order valence-corrected chi connectivity index (χ4v) is 1.92. The second-order valence-corrected chi connectivity index (χ2v) is 4.93. The first-order valence-corrected chi connectivity index (χ1v) is 7.58. The molecule has 0 aliphatic rings. The van der Waals surface area contributed by atoms with Gasteiger partial charge in [-0.3, -0.25) is 4.79 Å². The first kappa shape index (κ1) is 17.4. The third kappa shape index (κ3) is 13.4. The maximum Gasteiger partial charge on any atom is 0.133 e. The summed E-state index contributed by atoms with van der Waals surface area (Å²) < 4.78 is 0. The second kappa shape index (κ2) is 14.4. The molecule has 0 heterocycles. The molecule has 0 saturated heterocycles. The number of rotatable bonds is 13. The van der Waals surface area contributed by atoms with Gasteiger partial charge in [0.15, 0.2) is 0 Å². The number of hydrogen-bond donors (Lipinski definition) is 1. The summed E-state index contributed by atoms with van der Waals surface area (Å²) in [5.41, 5.74) is 0. The zero-order valence-corrected chi connectivity index (χ0v) is 12.0. The minimum Gasteiger partial charge on any atom is -0.396 e. The van der Waals surface area contributed by atoms with E-state index in [1.54, 1.807) is 0 Å². The van der Waals surface area contributed by atoms with Crippen LogP contribution >= 0.6 is 0 Å². The number of carbonyl (C=O) groups is 1. The van der Waals surface area contributed by atoms with Crippen molar-refractivity contribution < 1.29 is 9.90 Å². The highest BCUT2D eigenvalue weighted by atomic mass is 16.3. The SMILES string of the molecule is CCCCCCCC/C=C/CCC(=O)CCCO. The lowest BCUT2D eigenvalue weighted by molar-refractivity contribution is -0.119. The molecule has 1 N–H and O–H groups in total. The molecule has 0 aromatic carbocycles. The zero-order chi connectivity index (χ0) is 13.5. The Morgan fingerprint density at radius 2 is 1.56 bits per heavy atom. The number of carbonyl (C=O) groups excluding carboxylic acids is 1. The molecule has 0 aliphatic carbocycles. The van der Waals surface area contributed by atoms with Crippen molar-refractivity contribution in [3.63, 3.8) is 0 Å². The van der Waals surface area contributed by atoms with Gasteiger partial charge in [0.05, 0.1) is 0 Å². The number of hydrogen-bond acceptors (Lipinski definition) is 2. The van der Waals surface area contributed by atoms with Crippen molar-refractivity contribution in [2.24, 2.45) is 0 Å². The molecule has 0 unspecified atom stereocenters. The Balaban J connectivity index is 3.20. The van der Waals surface area contributed by atoms with Crippen LogP contribution in [0.4, 0.5) is 0 Å². The number of unbranched alkanes of at least 4 members (excludes halogenated alkanes) is 6. The monoisotopic (exact) mass is 254 g/mol. The molecule has 0 spiro atoms. The molecule has 0 aliphatic heterocycles. The number of Topliss-reactive ketones (excluding diaryl/α,β-unsaturated/α-hetero) is 1. The highest BCUT2D eigenvalue weighted by Crippen LogP contribution is 2.07. The maximum atomic E-state index is 11.3. The Morgan fingerprint density at radius 3 is 2.28 bits per heavy atom. The van der Waals surface area contributed by atoms with Crippen molar-refractivity contribution in [2.75, 3.05) is 6.61 Å². The summed E-state index contributed by atoms with van der Waals surface area (Å²) in [7, 11) is 0. The Bertz CT molecular complexity index is 209. The highest BCUT2D eigenvalue weighted by molar-refractivity contribution is 5.78. The molecular formula is C16H30O2. The largest absolute Gasteiger partial charge is 0.396 e. The lowest BCUT2D eigenvalue weighted by Gasteiger charge is -1.98. The maximum absolute atomic E-state index is 11.3. The first-order valence-electron chi connectivity index (χ1n) is 7.58. The van der Waals surface area contributed by atoms with Gasteiger partial charge in [0.25, 0.3) is 0 Å². The van der Waals surface area contributed by atoms with E-state index in [2.05, 4.69) is 19.1 Å². The zero-order valence-electron chi connectivity index (χ0n) is 12.0. The van der Waals surface area contributed by atoms with Gasteiger partial charge < -0.3 is 5.11 Å². The van der Waals surface area contributed by atoms with Gasteiger partial charge in [0.1, 0.15) is 5.78 Å². The van der Waals surface area contributed by atoms with Gasteiger partial charge in [-0.05, 0) is 25.7 Å². The van der Waals surface area contributed by atoms with Crippen molar-refractivity contribution in [3.8, 4) is 0 Å². The van der Waals surface area contributed by atoms with Crippen LogP contribution in [0.15, 0.2) is 12.2 Å². The lowest BCUT2D eigenvalue weighted by Crippen LogP contribution is -1.98. The Hall–Kier alpha value is -0.630. The van der Waals surface area contributed by atoms with Crippen LogP contribution in [0.5, 0.6) is 0 Å². The molecule has 0 radical (unpaired) electrons. The molecule has 0 bridgehead atoms. The van der Waals surface area contributed by atoms with E-state index >= 15 is 0 Å². The van der Waals surface area contributed by atoms with E-state index in [0.29, 0.717) is 19.3 Å². The molecule has 0 aromatic rings. The van der Waals surface area contributed by atoms with Gasteiger partial charge in [-0.15, -0.1) is 0 Å². The predicted octanol–water partition coefficient (Wildman–Crippen LogP) is 4.42. The molecule has 2 heteroatoms. The minimum atomic E-state index is 0.125. The van der Waals surface area contributed by atoms with E-state index in [1.807, 2.05) is 0 Å². The molecule has 0 saturated carbocycles. The van der Waals surface area contributed by atoms with Gasteiger partial charge >= 0.3 is 0 Å². The predicted molar refractivity (Wildman–Crippen MR) is 77.7 cm³/mol. The number of aliphatic hydroxyl groups is 1. The van der Waals surface area contributed by atoms with Crippen LogP contribution in [0.2, 0.25) is 0 Å². The third-order valence-electron chi connectivity index (χ3n) is 3.09. The molecule has 106 valence electrons. The smallest absolute Gasteiger partial charge is 0.133 e. The van der Waals surface area contributed by atoms with E-state index < -0.39 is 0 Å². The molecule has 0 fully saturated rings. The Kier molecular flexibility index (Phi) is 13.9. The quantitative estimate of drug-likeness (QED) is 0.390. The van der Waals surface area contributed by atoms with Crippen molar-refractivity contribution in [1.82, 2.24) is 0 Å². The highest BCUT2D eigenvalue weighted by Gasteiger charge is 1.98. The topological polar surface area (TPSA) is 37.3 Å². The van der Waals surface area contributed by atoms with Gasteiger partial charge in [-0.1, -0.05) is 51.2 Å². The summed E-state index contributed by atoms with van der Waals surface area (Å²) in [6, 6.07) is 0. The van der Waals surface area contributed by atoms with Crippen LogP contribution in [0.3, 0.4) is 0 Å². The van der Waals surface area contributed by atoms with Crippen LogP contribution in [0.1, 0.15) is 77.6 Å². The number of allylic oxidation sites excluding steroid dienone is 2. The van der Waals surface area contributed by atoms with Crippen molar-refractivity contribution in [3.05, 3.63) is 12.2 Å². The van der Waals surface area contributed by atoms with Crippen LogP contribution in [0, 0.1) is 0 Å². The van der Waals surface area contributed by atoms with E-state index in [0.717, 1.165) is 12.8 Å². The Morgan fingerprint density at radius 1 is 0.889 bits per heavy atom. The summed E-state index contributed by atoms with van der Waals surface area (Å²) >= 11 is 0. The molecular weight excluding hydrogens is 224 g/mol. The van der Waals surface area contributed by atoms with Gasteiger partial charge in [0.2, 0.25) is 0 Å². The second-order valence-electron chi connectivity index (χ2n) is 4.93. The first-order chi connectivity index (χ1) is 8.81. The van der Waals surface area contributed by atoms with E-state index in [9.17, 15) is 4.79 Å². The van der Waals surface area contributed by atoms with Gasteiger partial charge in [-0.2, -0.15) is 0 Å². The van der Waals surface area contributed by atoms with Crippen molar-refractivity contribution >= 4 is 5.78 Å². The van der Waals surface area contributed by atoms with Gasteiger partial charge in [-0.25, -0.2) is 0 Å². The van der Waals surface area contributed by atoms with Crippen molar-refractivity contribution in [2.45, 2.75) is 77.6 Å². The van der Waals surface area contributed by atoms with E-state index in [1.165, 1.54) is 38.5 Å². The van der Waals surface area contributed by atoms with Gasteiger partial charge in [0, 0.05) is 19.4 Å². The fraction of sp³-hybridized carbons (Fsp3) is 0.812. The van der Waals surface area contributed by atoms with Crippen molar-refractivity contribution in [1.29, 1.82) is 0 Å². The summed E-state index contributed by atoms with van der Waals surface area (Å²) in [6.07, 6.45) is 16.1. The number of ketones is 1. The standard InChI is InChI=1S/C16H30O2/c1-2-3-4-5-6-7-8-9-10-11-13-16(18)14-12-15-17/h9-10,17H,2-8,11-15H2,1H3/b10-9+. The molecule has 0 atom stereocenters. The van der Waals surface area contributed by atoms with Crippen LogP contribution in [-0.4, -0.2) is 17.5 Å². The summed E-state index contributed by atoms with van der Waals surface area (Å²) in [5, 5.41) is 8.59. The summed E-state index contributed by atoms with van der Waals surface area (Å²) in [6.45, 7) is 2.37. The molecule has 0 amide bonds. The fourth-order valence-electron chi connectivity index (χ4n) is 1.92. The summed E-state index contributed by atoms with van der Waals surface area (Å²) in [5.74, 6) is 0.272. The molecule has 0 aromatic heterocycles. The Labute approximate surface area is 112 Å². The average Bonchev–Trinajstić information content (AvgIpc) is 2.38. The van der Waals surface area contributed by atoms with Crippen LogP contribution < -0.4 is 0 Å². The summed E-state index contributed by atoms with van der Waals surface area (Å²) in [4.78, 5) is 11.3. The van der Waals surface area contributed by atoms with Crippen LogP contribution in [0.25, 0.3) is 0 Å². The van der Waals surface area contributed by atoms with Crippen LogP contribution in [-0.2, 0) is 4.79 Å². The molecule has 2 nitrogen and oxygen atoms in total. The lowest BCUT2D eigenvalue weighted by atomic mass is 10.1.